The molecule has 0 aliphatic rings. The zero-order valence-corrected chi connectivity index (χ0v) is 13.7. The lowest BCUT2D eigenvalue weighted by Gasteiger charge is -2.05. The molecule has 0 saturated heterocycles. The SMILES string of the molecule is CNSOc1ccc(-n2ncc(-c3ccc(Cl)cc3)c2O)nc1. The highest BCUT2D eigenvalue weighted by molar-refractivity contribution is 7.93. The predicted octanol–water partition coefficient (Wildman–Crippen LogP) is 3.45. The molecule has 0 atom stereocenters. The molecular weight excluding hydrogens is 336 g/mol. The fourth-order valence-electron chi connectivity index (χ4n) is 1.98. The Morgan fingerprint density at radius 2 is 1.96 bits per heavy atom. The van der Waals surface area contributed by atoms with Crippen molar-refractivity contribution in [2.75, 3.05) is 7.05 Å². The van der Waals surface area contributed by atoms with Crippen LogP contribution in [-0.2, 0) is 0 Å². The Morgan fingerprint density at radius 3 is 2.61 bits per heavy atom. The zero-order chi connectivity index (χ0) is 16.2. The summed E-state index contributed by atoms with van der Waals surface area (Å²) < 4.78 is 9.46. The number of rotatable bonds is 5. The van der Waals surface area contributed by atoms with Crippen molar-refractivity contribution < 1.29 is 9.29 Å². The van der Waals surface area contributed by atoms with E-state index in [2.05, 4.69) is 14.8 Å². The Hall–Kier alpha value is -2.22. The maximum atomic E-state index is 10.4. The van der Waals surface area contributed by atoms with Crippen LogP contribution >= 0.6 is 23.8 Å². The van der Waals surface area contributed by atoms with Gasteiger partial charge in [0.05, 0.1) is 18.0 Å². The Labute approximate surface area is 142 Å². The molecule has 0 amide bonds. The monoisotopic (exact) mass is 348 g/mol. The first-order chi connectivity index (χ1) is 11.2. The second kappa shape index (κ2) is 6.91. The summed E-state index contributed by atoms with van der Waals surface area (Å²) in [5.41, 5.74) is 1.43. The maximum absolute atomic E-state index is 10.4. The summed E-state index contributed by atoms with van der Waals surface area (Å²) in [5.74, 6) is 1.10. The summed E-state index contributed by atoms with van der Waals surface area (Å²) in [6, 6.07) is 10.6. The molecule has 0 unspecified atom stereocenters. The first kappa shape index (κ1) is 15.7. The van der Waals surface area contributed by atoms with E-state index in [0.29, 0.717) is 22.2 Å². The van der Waals surface area contributed by atoms with E-state index < -0.39 is 0 Å². The van der Waals surface area contributed by atoms with E-state index in [0.717, 1.165) is 17.8 Å². The van der Waals surface area contributed by atoms with Crippen LogP contribution in [0, 0.1) is 0 Å². The highest BCUT2D eigenvalue weighted by Gasteiger charge is 2.13. The summed E-state index contributed by atoms with van der Waals surface area (Å²) in [6.45, 7) is 0. The van der Waals surface area contributed by atoms with Crippen LogP contribution in [0.15, 0.2) is 48.8 Å². The highest BCUT2D eigenvalue weighted by Crippen LogP contribution is 2.31. The van der Waals surface area contributed by atoms with E-state index in [1.807, 2.05) is 12.1 Å². The first-order valence-corrected chi connectivity index (χ1v) is 7.80. The van der Waals surface area contributed by atoms with Gasteiger partial charge in [0.25, 0.3) is 0 Å². The molecule has 23 heavy (non-hydrogen) atoms. The Morgan fingerprint density at radius 1 is 1.17 bits per heavy atom. The van der Waals surface area contributed by atoms with Gasteiger partial charge in [-0.1, -0.05) is 23.7 Å². The molecule has 6 nitrogen and oxygen atoms in total. The molecule has 2 heterocycles. The van der Waals surface area contributed by atoms with Gasteiger partial charge in [0.1, 0.15) is 12.2 Å². The van der Waals surface area contributed by atoms with Gasteiger partial charge in [-0.05, 0) is 36.9 Å². The van der Waals surface area contributed by atoms with E-state index >= 15 is 0 Å². The summed E-state index contributed by atoms with van der Waals surface area (Å²) in [7, 11) is 1.76. The molecule has 2 aromatic heterocycles. The van der Waals surface area contributed by atoms with E-state index in [4.69, 9.17) is 15.8 Å². The molecule has 3 aromatic rings. The number of benzene rings is 1. The van der Waals surface area contributed by atoms with Crippen molar-refractivity contribution in [3.8, 4) is 28.6 Å². The zero-order valence-electron chi connectivity index (χ0n) is 12.1. The van der Waals surface area contributed by atoms with Crippen molar-refractivity contribution in [2.24, 2.45) is 0 Å². The molecule has 0 spiro atoms. The molecule has 0 aliphatic heterocycles. The molecule has 118 valence electrons. The van der Waals surface area contributed by atoms with Crippen LogP contribution < -0.4 is 8.91 Å². The number of aromatic nitrogens is 3. The smallest absolute Gasteiger partial charge is 0.223 e. The van der Waals surface area contributed by atoms with Gasteiger partial charge in [0.15, 0.2) is 11.6 Å². The van der Waals surface area contributed by atoms with E-state index in [9.17, 15) is 5.11 Å². The number of halogens is 1. The Bertz CT molecular complexity index is 790. The van der Waals surface area contributed by atoms with Gasteiger partial charge in [0, 0.05) is 5.02 Å². The first-order valence-electron chi connectivity index (χ1n) is 6.68. The van der Waals surface area contributed by atoms with E-state index in [-0.39, 0.29) is 5.88 Å². The van der Waals surface area contributed by atoms with Crippen LogP contribution in [0.25, 0.3) is 16.9 Å². The Kier molecular flexibility index (Phi) is 4.71. The lowest BCUT2D eigenvalue weighted by molar-refractivity contribution is 0.433. The number of hydrogen-bond acceptors (Lipinski definition) is 6. The summed E-state index contributed by atoms with van der Waals surface area (Å²) >= 11 is 6.98. The minimum Gasteiger partial charge on any atom is -0.493 e. The molecule has 0 bridgehead atoms. The second-order valence-corrected chi connectivity index (χ2v) is 5.70. The van der Waals surface area contributed by atoms with Crippen LogP contribution in [0.5, 0.6) is 11.6 Å². The molecule has 0 saturated carbocycles. The van der Waals surface area contributed by atoms with Crippen molar-refractivity contribution in [1.29, 1.82) is 0 Å². The molecule has 1 aromatic carbocycles. The summed E-state index contributed by atoms with van der Waals surface area (Å²) in [5, 5.41) is 15.2. The number of nitrogens with one attached hydrogen (secondary N) is 1. The van der Waals surface area contributed by atoms with Gasteiger partial charge in [0.2, 0.25) is 5.88 Å². The number of pyridine rings is 1. The normalized spacial score (nSPS) is 10.7. The summed E-state index contributed by atoms with van der Waals surface area (Å²) in [4.78, 5) is 4.24. The molecule has 8 heteroatoms. The fourth-order valence-corrected chi connectivity index (χ4v) is 2.38. The minimum absolute atomic E-state index is 0.0121. The topological polar surface area (TPSA) is 72.2 Å². The van der Waals surface area contributed by atoms with Crippen LogP contribution in [-0.4, -0.2) is 26.9 Å². The maximum Gasteiger partial charge on any atom is 0.223 e. The van der Waals surface area contributed by atoms with Crippen LogP contribution in [0.4, 0.5) is 0 Å². The molecule has 3 rings (SSSR count). The molecular formula is C15H13ClN4O2S. The lowest BCUT2D eigenvalue weighted by Crippen LogP contribution is -2.00. The average molecular weight is 349 g/mol. The van der Waals surface area contributed by atoms with Gasteiger partial charge < -0.3 is 9.29 Å². The van der Waals surface area contributed by atoms with Crippen molar-refractivity contribution in [1.82, 2.24) is 19.5 Å². The molecule has 0 fully saturated rings. The lowest BCUT2D eigenvalue weighted by atomic mass is 10.1. The highest BCUT2D eigenvalue weighted by atomic mass is 35.5. The molecule has 0 radical (unpaired) electrons. The number of aromatic hydroxyl groups is 1. The minimum atomic E-state index is 0.0121. The second-order valence-electron chi connectivity index (χ2n) is 4.52. The number of nitrogens with zero attached hydrogens (tertiary/aromatic N) is 3. The third-order valence-corrected chi connectivity index (χ3v) is 3.75. The van der Waals surface area contributed by atoms with Crippen LogP contribution in [0.3, 0.4) is 0 Å². The third-order valence-electron chi connectivity index (χ3n) is 3.06. The van der Waals surface area contributed by atoms with E-state index in [1.165, 1.54) is 4.68 Å². The van der Waals surface area contributed by atoms with Crippen LogP contribution in [0.1, 0.15) is 0 Å². The third kappa shape index (κ3) is 3.42. The van der Waals surface area contributed by atoms with Gasteiger partial charge in [-0.25, -0.2) is 9.71 Å². The van der Waals surface area contributed by atoms with E-state index in [1.54, 1.807) is 43.7 Å². The van der Waals surface area contributed by atoms with Gasteiger partial charge in [-0.3, -0.25) is 0 Å². The standard InChI is InChI=1S/C15H13ClN4O2S/c1-17-23-22-12-6-7-14(18-8-12)20-15(21)13(9-19-20)10-2-4-11(16)5-3-10/h2-9,17,21H,1H3. The van der Waals surface area contributed by atoms with Gasteiger partial charge in [-0.15, -0.1) is 0 Å². The quantitative estimate of drug-likeness (QED) is 0.543. The van der Waals surface area contributed by atoms with Crippen molar-refractivity contribution in [3.63, 3.8) is 0 Å². The Balaban J connectivity index is 1.88. The predicted molar refractivity (Wildman–Crippen MR) is 90.7 cm³/mol. The van der Waals surface area contributed by atoms with Gasteiger partial charge >= 0.3 is 0 Å². The van der Waals surface area contributed by atoms with Crippen molar-refractivity contribution in [2.45, 2.75) is 0 Å². The fraction of sp³-hybridized carbons (Fsp3) is 0.0667. The van der Waals surface area contributed by atoms with Gasteiger partial charge in [-0.2, -0.15) is 9.78 Å². The van der Waals surface area contributed by atoms with Crippen molar-refractivity contribution >= 4 is 23.8 Å². The molecule has 0 aliphatic carbocycles. The average Bonchev–Trinajstić information content (AvgIpc) is 2.96. The molecule has 2 N–H and O–H groups in total. The van der Waals surface area contributed by atoms with Crippen molar-refractivity contribution in [3.05, 3.63) is 53.8 Å². The summed E-state index contributed by atoms with van der Waals surface area (Å²) in [6.07, 6.45) is 3.14. The number of hydrogen-bond donors (Lipinski definition) is 2. The largest absolute Gasteiger partial charge is 0.493 e. The van der Waals surface area contributed by atoms with Crippen LogP contribution in [0.2, 0.25) is 5.02 Å².